The van der Waals surface area contributed by atoms with Gasteiger partial charge >= 0.3 is 0 Å². The van der Waals surface area contributed by atoms with Crippen molar-refractivity contribution < 1.29 is 8.78 Å². The Kier molecular flexibility index (Phi) is 2.32. The number of nitrogen functional groups attached to an aromatic ring is 2. The van der Waals surface area contributed by atoms with Gasteiger partial charge in [0.05, 0.1) is 16.9 Å². The lowest BCUT2D eigenvalue weighted by Crippen LogP contribution is -2.02. The monoisotopic (exact) mass is 193 g/mol. The van der Waals surface area contributed by atoms with Crippen LogP contribution in [0.2, 0.25) is 5.15 Å². The van der Waals surface area contributed by atoms with Crippen molar-refractivity contribution in [2.24, 2.45) is 0 Å². The SMILES string of the molecule is Nc1c(C(F)F)cnc(Cl)c1N. The van der Waals surface area contributed by atoms with Crippen molar-refractivity contribution >= 4 is 23.0 Å². The van der Waals surface area contributed by atoms with Crippen LogP contribution in [0.5, 0.6) is 0 Å². The summed E-state index contributed by atoms with van der Waals surface area (Å²) in [6.07, 6.45) is -1.77. The first-order valence-corrected chi connectivity index (χ1v) is 3.39. The Balaban J connectivity index is 3.27. The fourth-order valence-electron chi connectivity index (χ4n) is 0.706. The summed E-state index contributed by atoms with van der Waals surface area (Å²) in [5.41, 5.74) is 9.82. The van der Waals surface area contributed by atoms with E-state index in [1.54, 1.807) is 0 Å². The molecule has 0 saturated carbocycles. The highest BCUT2D eigenvalue weighted by Gasteiger charge is 2.15. The zero-order chi connectivity index (χ0) is 9.30. The summed E-state index contributed by atoms with van der Waals surface area (Å²) in [4.78, 5) is 3.44. The minimum atomic E-state index is -2.68. The highest BCUT2D eigenvalue weighted by Crippen LogP contribution is 2.31. The van der Waals surface area contributed by atoms with Crippen LogP contribution in [0.1, 0.15) is 12.0 Å². The molecule has 3 nitrogen and oxygen atoms in total. The average Bonchev–Trinajstić information content (AvgIpc) is 2.00. The topological polar surface area (TPSA) is 64.9 Å². The molecule has 12 heavy (non-hydrogen) atoms. The predicted molar refractivity (Wildman–Crippen MR) is 43.0 cm³/mol. The first-order chi connectivity index (χ1) is 5.54. The van der Waals surface area contributed by atoms with Gasteiger partial charge < -0.3 is 11.5 Å². The molecule has 66 valence electrons. The molecular formula is C6H6ClF2N3. The molecule has 1 aromatic rings. The third kappa shape index (κ3) is 1.40. The fourth-order valence-corrected chi connectivity index (χ4v) is 0.856. The fraction of sp³-hybridized carbons (Fsp3) is 0.167. The average molecular weight is 194 g/mol. The molecule has 0 spiro atoms. The second kappa shape index (κ2) is 3.10. The van der Waals surface area contributed by atoms with Crippen LogP contribution >= 0.6 is 11.6 Å². The number of nitrogens with two attached hydrogens (primary N) is 2. The van der Waals surface area contributed by atoms with Crippen molar-refractivity contribution in [3.8, 4) is 0 Å². The van der Waals surface area contributed by atoms with Crippen LogP contribution in [0.25, 0.3) is 0 Å². The van der Waals surface area contributed by atoms with E-state index in [2.05, 4.69) is 4.98 Å². The molecule has 0 aliphatic carbocycles. The normalized spacial score (nSPS) is 10.7. The minimum absolute atomic E-state index is 0.0584. The van der Waals surface area contributed by atoms with Crippen molar-refractivity contribution in [3.05, 3.63) is 16.9 Å². The Bertz CT molecular complexity index is 303. The first kappa shape index (κ1) is 8.99. The predicted octanol–water partition coefficient (Wildman–Crippen LogP) is 1.84. The number of rotatable bonds is 1. The summed E-state index contributed by atoms with van der Waals surface area (Å²) in [5, 5.41) is -0.0584. The maximum absolute atomic E-state index is 12.1. The lowest BCUT2D eigenvalue weighted by atomic mass is 10.2. The number of aromatic nitrogens is 1. The van der Waals surface area contributed by atoms with Crippen LogP contribution in [0.3, 0.4) is 0 Å². The summed E-state index contributed by atoms with van der Waals surface area (Å²) in [7, 11) is 0. The number of pyridine rings is 1. The number of nitrogens with zero attached hydrogens (tertiary/aromatic N) is 1. The summed E-state index contributed by atoms with van der Waals surface area (Å²) in [5.74, 6) is 0. The molecule has 0 aliphatic rings. The molecule has 0 fully saturated rings. The van der Waals surface area contributed by atoms with Crippen LogP contribution in [-0.2, 0) is 0 Å². The van der Waals surface area contributed by atoms with Gasteiger partial charge in [-0.15, -0.1) is 0 Å². The van der Waals surface area contributed by atoms with Crippen molar-refractivity contribution in [2.45, 2.75) is 6.43 Å². The Morgan fingerprint density at radius 2 is 1.92 bits per heavy atom. The second-order valence-corrected chi connectivity index (χ2v) is 2.49. The molecule has 0 atom stereocenters. The van der Waals surface area contributed by atoms with Crippen LogP contribution in [0.15, 0.2) is 6.20 Å². The van der Waals surface area contributed by atoms with Gasteiger partial charge in [0.25, 0.3) is 6.43 Å². The molecule has 0 aromatic carbocycles. The van der Waals surface area contributed by atoms with E-state index in [0.717, 1.165) is 6.20 Å². The molecule has 0 aliphatic heterocycles. The lowest BCUT2D eigenvalue weighted by Gasteiger charge is -2.06. The van der Waals surface area contributed by atoms with Gasteiger partial charge in [0.2, 0.25) is 0 Å². The Hall–Kier alpha value is -1.10. The highest BCUT2D eigenvalue weighted by molar-refractivity contribution is 6.32. The third-order valence-corrected chi connectivity index (χ3v) is 1.68. The van der Waals surface area contributed by atoms with Crippen LogP contribution < -0.4 is 11.5 Å². The molecule has 6 heteroatoms. The smallest absolute Gasteiger partial charge is 0.267 e. The summed E-state index contributed by atoms with van der Waals surface area (Å²) < 4.78 is 24.2. The summed E-state index contributed by atoms with van der Waals surface area (Å²) in [6, 6.07) is 0. The zero-order valence-corrected chi connectivity index (χ0v) is 6.65. The Labute approximate surface area is 72.3 Å². The van der Waals surface area contributed by atoms with Crippen molar-refractivity contribution in [3.63, 3.8) is 0 Å². The van der Waals surface area contributed by atoms with Gasteiger partial charge in [0.1, 0.15) is 0 Å². The standard InChI is InChI=1S/C6H6ClF2N3/c7-5-4(11)3(10)2(1-12-5)6(8)9/h1,6H,11H2,(H2,10,12). The van der Waals surface area contributed by atoms with E-state index in [9.17, 15) is 8.78 Å². The van der Waals surface area contributed by atoms with E-state index in [1.807, 2.05) is 0 Å². The number of hydrogen-bond acceptors (Lipinski definition) is 3. The molecule has 0 amide bonds. The van der Waals surface area contributed by atoms with Gasteiger partial charge in [0.15, 0.2) is 5.15 Å². The molecule has 1 heterocycles. The molecule has 1 rings (SSSR count). The quantitative estimate of drug-likeness (QED) is 0.669. The van der Waals surface area contributed by atoms with Gasteiger partial charge in [-0.1, -0.05) is 11.6 Å². The number of alkyl halides is 2. The maximum atomic E-state index is 12.1. The highest BCUT2D eigenvalue weighted by atomic mass is 35.5. The molecular weight excluding hydrogens is 188 g/mol. The third-order valence-electron chi connectivity index (χ3n) is 1.38. The zero-order valence-electron chi connectivity index (χ0n) is 5.89. The number of hydrogen-bond donors (Lipinski definition) is 2. The van der Waals surface area contributed by atoms with Crippen LogP contribution in [0.4, 0.5) is 20.2 Å². The second-order valence-electron chi connectivity index (χ2n) is 2.13. The minimum Gasteiger partial charge on any atom is -0.397 e. The molecule has 1 aromatic heterocycles. The maximum Gasteiger partial charge on any atom is 0.267 e. The Morgan fingerprint density at radius 3 is 2.42 bits per heavy atom. The molecule has 0 unspecified atom stereocenters. The largest absolute Gasteiger partial charge is 0.397 e. The lowest BCUT2D eigenvalue weighted by molar-refractivity contribution is 0.152. The number of anilines is 2. The van der Waals surface area contributed by atoms with E-state index >= 15 is 0 Å². The van der Waals surface area contributed by atoms with E-state index < -0.39 is 12.0 Å². The summed E-state index contributed by atoms with van der Waals surface area (Å²) >= 11 is 5.43. The van der Waals surface area contributed by atoms with E-state index in [0.29, 0.717) is 0 Å². The van der Waals surface area contributed by atoms with Gasteiger partial charge in [-0.05, 0) is 0 Å². The van der Waals surface area contributed by atoms with Gasteiger partial charge in [-0.3, -0.25) is 0 Å². The summed E-state index contributed by atoms with van der Waals surface area (Å²) in [6.45, 7) is 0. The van der Waals surface area contributed by atoms with E-state index in [4.69, 9.17) is 23.1 Å². The molecule has 0 saturated heterocycles. The van der Waals surface area contributed by atoms with Gasteiger partial charge in [0, 0.05) is 6.20 Å². The first-order valence-electron chi connectivity index (χ1n) is 3.01. The van der Waals surface area contributed by atoms with Crippen LogP contribution in [-0.4, -0.2) is 4.98 Å². The number of halogens is 3. The Morgan fingerprint density at radius 1 is 1.33 bits per heavy atom. The molecule has 4 N–H and O–H groups in total. The van der Waals surface area contributed by atoms with E-state index in [-0.39, 0.29) is 16.5 Å². The van der Waals surface area contributed by atoms with Crippen LogP contribution in [0, 0.1) is 0 Å². The van der Waals surface area contributed by atoms with Gasteiger partial charge in [-0.25, -0.2) is 13.8 Å². The van der Waals surface area contributed by atoms with Crippen molar-refractivity contribution in [2.75, 3.05) is 11.5 Å². The van der Waals surface area contributed by atoms with Crippen molar-refractivity contribution in [1.82, 2.24) is 4.98 Å². The molecule has 0 bridgehead atoms. The van der Waals surface area contributed by atoms with Gasteiger partial charge in [-0.2, -0.15) is 0 Å². The molecule has 0 radical (unpaired) electrons. The van der Waals surface area contributed by atoms with E-state index in [1.165, 1.54) is 0 Å². The van der Waals surface area contributed by atoms with Crippen molar-refractivity contribution in [1.29, 1.82) is 0 Å².